The minimum atomic E-state index is -3.67. The van der Waals surface area contributed by atoms with Gasteiger partial charge in [-0.3, -0.25) is 9.10 Å². The van der Waals surface area contributed by atoms with Crippen molar-refractivity contribution in [3.63, 3.8) is 0 Å². The van der Waals surface area contributed by atoms with Gasteiger partial charge in [-0.2, -0.15) is 0 Å². The average Bonchev–Trinajstić information content (AvgIpc) is 2.79. The van der Waals surface area contributed by atoms with E-state index in [1.54, 1.807) is 55.5 Å². The maximum atomic E-state index is 13.0. The van der Waals surface area contributed by atoms with Crippen LogP contribution in [0.15, 0.2) is 83.8 Å². The normalized spacial score (nSPS) is 12.1. The summed E-state index contributed by atoms with van der Waals surface area (Å²) in [5, 5.41) is 2.90. The molecular weight excluding hydrogens is 424 g/mol. The first-order chi connectivity index (χ1) is 15.3. The number of carbonyl (C=O) groups excluding carboxylic acids is 1. The summed E-state index contributed by atoms with van der Waals surface area (Å²) in [5.41, 5.74) is 2.54. The molecule has 6 nitrogen and oxygen atoms in total. The fraction of sp³-hybridized carbons (Fsp3) is 0.240. The van der Waals surface area contributed by atoms with E-state index < -0.39 is 10.0 Å². The molecule has 3 aromatic carbocycles. The minimum Gasteiger partial charge on any atom is -0.484 e. The topological polar surface area (TPSA) is 75.7 Å². The summed E-state index contributed by atoms with van der Waals surface area (Å²) in [6.07, 6.45) is 0. The summed E-state index contributed by atoms with van der Waals surface area (Å²) in [7, 11) is -3.67. The summed E-state index contributed by atoms with van der Waals surface area (Å²) >= 11 is 0. The predicted molar refractivity (Wildman–Crippen MR) is 126 cm³/mol. The summed E-state index contributed by atoms with van der Waals surface area (Å²) in [6.45, 7) is 5.77. The number of ether oxygens (including phenoxy) is 1. The molecule has 0 saturated heterocycles. The van der Waals surface area contributed by atoms with Gasteiger partial charge in [0.05, 0.1) is 16.6 Å². The van der Waals surface area contributed by atoms with Gasteiger partial charge in [0.2, 0.25) is 0 Å². The van der Waals surface area contributed by atoms with Crippen LogP contribution in [0.1, 0.15) is 31.0 Å². The third kappa shape index (κ3) is 5.68. The van der Waals surface area contributed by atoms with E-state index in [0.29, 0.717) is 11.4 Å². The number of benzene rings is 3. The zero-order chi connectivity index (χ0) is 23.1. The van der Waals surface area contributed by atoms with E-state index in [-0.39, 0.29) is 30.0 Å². The predicted octanol–water partition coefficient (Wildman–Crippen LogP) is 4.47. The van der Waals surface area contributed by atoms with Crippen molar-refractivity contribution in [1.29, 1.82) is 0 Å². The van der Waals surface area contributed by atoms with Gasteiger partial charge in [0, 0.05) is 6.54 Å². The molecule has 1 N–H and O–H groups in total. The second-order valence-electron chi connectivity index (χ2n) is 7.47. The molecule has 0 aliphatic rings. The van der Waals surface area contributed by atoms with Crippen LogP contribution in [0.25, 0.3) is 0 Å². The molecule has 0 bridgehead atoms. The number of carbonyl (C=O) groups is 1. The lowest BCUT2D eigenvalue weighted by Crippen LogP contribution is -2.31. The van der Waals surface area contributed by atoms with E-state index in [0.717, 1.165) is 11.1 Å². The molecule has 0 aliphatic heterocycles. The van der Waals surface area contributed by atoms with Gasteiger partial charge in [-0.1, -0.05) is 48.0 Å². The van der Waals surface area contributed by atoms with Crippen molar-refractivity contribution in [3.05, 3.63) is 90.0 Å². The van der Waals surface area contributed by atoms with E-state index in [4.69, 9.17) is 4.74 Å². The first kappa shape index (κ1) is 23.3. The lowest BCUT2D eigenvalue weighted by Gasteiger charge is -2.23. The van der Waals surface area contributed by atoms with Gasteiger partial charge in [-0.15, -0.1) is 0 Å². The highest BCUT2D eigenvalue weighted by Gasteiger charge is 2.23. The van der Waals surface area contributed by atoms with Crippen LogP contribution in [0.3, 0.4) is 0 Å². The Morgan fingerprint density at radius 1 is 0.969 bits per heavy atom. The third-order valence-electron chi connectivity index (χ3n) is 5.07. The summed E-state index contributed by atoms with van der Waals surface area (Å²) in [4.78, 5) is 12.5. The van der Waals surface area contributed by atoms with Gasteiger partial charge in [-0.05, 0) is 62.7 Å². The Labute approximate surface area is 189 Å². The van der Waals surface area contributed by atoms with Crippen LogP contribution in [-0.2, 0) is 14.8 Å². The van der Waals surface area contributed by atoms with Crippen LogP contribution in [0, 0.1) is 6.92 Å². The third-order valence-corrected chi connectivity index (χ3v) is 6.99. The Bertz CT molecular complexity index is 1130. The van der Waals surface area contributed by atoms with Gasteiger partial charge in [0.1, 0.15) is 5.75 Å². The second-order valence-corrected chi connectivity index (χ2v) is 9.33. The van der Waals surface area contributed by atoms with Crippen molar-refractivity contribution in [2.45, 2.75) is 31.7 Å². The molecule has 1 amide bonds. The average molecular weight is 453 g/mol. The Hall–Kier alpha value is -3.32. The molecule has 3 rings (SSSR count). The first-order valence-corrected chi connectivity index (χ1v) is 11.9. The lowest BCUT2D eigenvalue weighted by molar-refractivity contribution is -0.123. The summed E-state index contributed by atoms with van der Waals surface area (Å²) < 4.78 is 33.0. The van der Waals surface area contributed by atoms with E-state index >= 15 is 0 Å². The molecule has 0 heterocycles. The Balaban J connectivity index is 1.62. The van der Waals surface area contributed by atoms with Gasteiger partial charge < -0.3 is 10.1 Å². The van der Waals surface area contributed by atoms with Crippen LogP contribution in [-0.4, -0.2) is 27.5 Å². The number of amides is 1. The molecule has 0 spiro atoms. The number of nitrogens with zero attached hydrogens (tertiary/aromatic N) is 1. The minimum absolute atomic E-state index is 0.125. The number of sulfonamides is 1. The number of hydrogen-bond donors (Lipinski definition) is 1. The molecule has 168 valence electrons. The number of anilines is 1. The Morgan fingerprint density at radius 2 is 1.59 bits per heavy atom. The van der Waals surface area contributed by atoms with Crippen molar-refractivity contribution in [1.82, 2.24) is 5.32 Å². The standard InChI is InChI=1S/C25H28N2O4S/c1-4-27(32(29,30)24-16-10-19(2)11-17-24)22-12-14-23(15-13-22)31-18-25(28)26-20(3)21-8-6-5-7-9-21/h5-17,20H,4,18H2,1-3H3,(H,26,28). The van der Waals surface area contributed by atoms with Gasteiger partial charge in [0.15, 0.2) is 6.61 Å². The van der Waals surface area contributed by atoms with Crippen LogP contribution in [0.4, 0.5) is 5.69 Å². The zero-order valence-electron chi connectivity index (χ0n) is 18.5. The lowest BCUT2D eigenvalue weighted by atomic mass is 10.1. The van der Waals surface area contributed by atoms with Crippen molar-refractivity contribution < 1.29 is 17.9 Å². The number of rotatable bonds is 9. The van der Waals surface area contributed by atoms with Crippen molar-refractivity contribution in [2.75, 3.05) is 17.5 Å². The molecule has 3 aromatic rings. The van der Waals surface area contributed by atoms with Crippen molar-refractivity contribution in [2.24, 2.45) is 0 Å². The molecule has 0 aromatic heterocycles. The molecular formula is C25H28N2O4S. The summed E-state index contributed by atoms with van der Waals surface area (Å²) in [6, 6.07) is 23.0. The smallest absolute Gasteiger partial charge is 0.264 e. The number of hydrogen-bond acceptors (Lipinski definition) is 4. The van der Waals surface area contributed by atoms with Gasteiger partial charge in [0.25, 0.3) is 15.9 Å². The Kier molecular flexibility index (Phi) is 7.53. The van der Waals surface area contributed by atoms with Crippen LogP contribution >= 0.6 is 0 Å². The van der Waals surface area contributed by atoms with Gasteiger partial charge >= 0.3 is 0 Å². The van der Waals surface area contributed by atoms with E-state index in [1.165, 1.54) is 4.31 Å². The highest BCUT2D eigenvalue weighted by molar-refractivity contribution is 7.92. The quantitative estimate of drug-likeness (QED) is 0.520. The SMILES string of the molecule is CCN(c1ccc(OCC(=O)NC(C)c2ccccc2)cc1)S(=O)(=O)c1ccc(C)cc1. The monoisotopic (exact) mass is 452 g/mol. The van der Waals surface area contributed by atoms with Crippen molar-refractivity contribution in [3.8, 4) is 5.75 Å². The van der Waals surface area contributed by atoms with Crippen molar-refractivity contribution >= 4 is 21.6 Å². The molecule has 0 saturated carbocycles. The van der Waals surface area contributed by atoms with E-state index in [2.05, 4.69) is 5.32 Å². The number of aryl methyl sites for hydroxylation is 1. The first-order valence-electron chi connectivity index (χ1n) is 10.5. The van der Waals surface area contributed by atoms with Crippen LogP contribution in [0.5, 0.6) is 5.75 Å². The molecule has 1 atom stereocenters. The maximum Gasteiger partial charge on any atom is 0.264 e. The Morgan fingerprint density at radius 3 is 2.19 bits per heavy atom. The zero-order valence-corrected chi connectivity index (χ0v) is 19.3. The molecule has 32 heavy (non-hydrogen) atoms. The molecule has 0 fully saturated rings. The molecule has 7 heteroatoms. The highest BCUT2D eigenvalue weighted by Crippen LogP contribution is 2.26. The fourth-order valence-corrected chi connectivity index (χ4v) is 4.77. The molecule has 0 radical (unpaired) electrons. The fourth-order valence-electron chi connectivity index (χ4n) is 3.29. The largest absolute Gasteiger partial charge is 0.484 e. The van der Waals surface area contributed by atoms with E-state index in [1.807, 2.05) is 44.2 Å². The number of nitrogens with one attached hydrogen (secondary N) is 1. The summed E-state index contributed by atoms with van der Waals surface area (Å²) in [5.74, 6) is 0.252. The maximum absolute atomic E-state index is 13.0. The molecule has 0 aliphatic carbocycles. The van der Waals surface area contributed by atoms with Gasteiger partial charge in [-0.25, -0.2) is 8.42 Å². The van der Waals surface area contributed by atoms with Crippen LogP contribution < -0.4 is 14.4 Å². The molecule has 1 unspecified atom stereocenters. The highest BCUT2D eigenvalue weighted by atomic mass is 32.2. The van der Waals surface area contributed by atoms with Crippen LogP contribution in [0.2, 0.25) is 0 Å². The second kappa shape index (κ2) is 10.3. The van der Waals surface area contributed by atoms with E-state index in [9.17, 15) is 13.2 Å².